The van der Waals surface area contributed by atoms with Gasteiger partial charge in [0.2, 0.25) is 0 Å². The van der Waals surface area contributed by atoms with Crippen LogP contribution in [0.4, 0.5) is 15.8 Å². The Morgan fingerprint density at radius 2 is 1.50 bits per heavy atom. The van der Waals surface area contributed by atoms with Gasteiger partial charge in [0.25, 0.3) is 0 Å². The molecule has 20 heavy (non-hydrogen) atoms. The Labute approximate surface area is 120 Å². The molecule has 0 aliphatic heterocycles. The summed E-state index contributed by atoms with van der Waals surface area (Å²) >= 11 is 0. The normalized spacial score (nSPS) is 10.4. The predicted molar refractivity (Wildman–Crippen MR) is 84.0 cm³/mol. The van der Waals surface area contributed by atoms with Crippen molar-refractivity contribution >= 4 is 11.4 Å². The van der Waals surface area contributed by atoms with Crippen molar-refractivity contribution in [3.05, 3.63) is 58.9 Å². The molecule has 0 aliphatic carbocycles. The predicted octanol–water partition coefficient (Wildman–Crippen LogP) is 4.27. The zero-order chi connectivity index (χ0) is 14.5. The first kappa shape index (κ1) is 14.4. The fourth-order valence-electron chi connectivity index (χ4n) is 2.45. The molecule has 2 nitrogen and oxygen atoms in total. The fourth-order valence-corrected chi connectivity index (χ4v) is 2.45. The van der Waals surface area contributed by atoms with E-state index in [1.54, 1.807) is 12.1 Å². The Morgan fingerprint density at radius 1 is 0.900 bits per heavy atom. The van der Waals surface area contributed by atoms with Gasteiger partial charge in [0.05, 0.1) is 5.69 Å². The largest absolute Gasteiger partial charge is 0.383 e. The second-order valence-corrected chi connectivity index (χ2v) is 5.11. The van der Waals surface area contributed by atoms with Gasteiger partial charge < -0.3 is 10.6 Å². The van der Waals surface area contributed by atoms with E-state index in [0.717, 1.165) is 6.54 Å². The van der Waals surface area contributed by atoms with Crippen LogP contribution in [0, 0.1) is 26.6 Å². The first-order chi connectivity index (χ1) is 9.58. The number of benzene rings is 2. The molecule has 2 aromatic carbocycles. The summed E-state index contributed by atoms with van der Waals surface area (Å²) in [5.74, 6) is -0.213. The quantitative estimate of drug-likeness (QED) is 0.794. The molecule has 0 radical (unpaired) electrons. The average molecular weight is 272 g/mol. The van der Waals surface area contributed by atoms with E-state index in [9.17, 15) is 4.39 Å². The Kier molecular flexibility index (Phi) is 4.61. The van der Waals surface area contributed by atoms with Gasteiger partial charge in [-0.05, 0) is 44.0 Å². The topological polar surface area (TPSA) is 24.1 Å². The minimum atomic E-state index is -0.213. The van der Waals surface area contributed by atoms with Crippen molar-refractivity contribution < 1.29 is 4.39 Å². The number of nitrogens with one attached hydrogen (secondary N) is 2. The minimum absolute atomic E-state index is 0.213. The van der Waals surface area contributed by atoms with Gasteiger partial charge in [0.15, 0.2) is 0 Å². The monoisotopic (exact) mass is 272 g/mol. The highest BCUT2D eigenvalue weighted by Gasteiger charge is 2.03. The molecule has 106 valence electrons. The van der Waals surface area contributed by atoms with Crippen molar-refractivity contribution in [2.45, 2.75) is 20.8 Å². The summed E-state index contributed by atoms with van der Waals surface area (Å²) in [5, 5.41) is 6.51. The van der Waals surface area contributed by atoms with Crippen LogP contribution in [0.5, 0.6) is 0 Å². The van der Waals surface area contributed by atoms with Crippen LogP contribution in [0.3, 0.4) is 0 Å². The maximum absolute atomic E-state index is 13.4. The molecule has 0 saturated carbocycles. The van der Waals surface area contributed by atoms with Crippen LogP contribution in [0.25, 0.3) is 0 Å². The number of halogens is 1. The lowest BCUT2D eigenvalue weighted by Crippen LogP contribution is -2.15. The van der Waals surface area contributed by atoms with Crippen LogP contribution in [0.1, 0.15) is 16.7 Å². The van der Waals surface area contributed by atoms with Crippen LogP contribution in [-0.4, -0.2) is 13.1 Å². The fraction of sp³-hybridized carbons (Fsp3) is 0.294. The molecule has 3 heteroatoms. The smallest absolute Gasteiger partial charge is 0.146 e. The Hall–Kier alpha value is -2.03. The maximum atomic E-state index is 13.4. The molecule has 0 aliphatic rings. The summed E-state index contributed by atoms with van der Waals surface area (Å²) in [4.78, 5) is 0. The lowest BCUT2D eigenvalue weighted by Gasteiger charge is -2.14. The van der Waals surface area contributed by atoms with Gasteiger partial charge in [-0.1, -0.05) is 29.8 Å². The minimum Gasteiger partial charge on any atom is -0.383 e. The molecule has 2 rings (SSSR count). The summed E-state index contributed by atoms with van der Waals surface area (Å²) in [6.45, 7) is 7.73. The molecule has 0 aromatic heterocycles. The zero-order valence-corrected chi connectivity index (χ0v) is 12.3. The number of anilines is 2. The molecule has 0 spiro atoms. The average Bonchev–Trinajstić information content (AvgIpc) is 2.38. The summed E-state index contributed by atoms with van der Waals surface area (Å²) in [5.41, 5.74) is 5.48. The summed E-state index contributed by atoms with van der Waals surface area (Å²) in [6, 6.07) is 11.1. The van der Waals surface area contributed by atoms with Gasteiger partial charge >= 0.3 is 0 Å². The molecule has 0 atom stereocenters. The van der Waals surface area contributed by atoms with Crippen molar-refractivity contribution in [1.29, 1.82) is 0 Å². The van der Waals surface area contributed by atoms with Crippen LogP contribution >= 0.6 is 0 Å². The van der Waals surface area contributed by atoms with Crippen LogP contribution < -0.4 is 10.6 Å². The van der Waals surface area contributed by atoms with E-state index >= 15 is 0 Å². The summed E-state index contributed by atoms with van der Waals surface area (Å²) in [7, 11) is 0. The SMILES string of the molecule is Cc1cc(C)c(NCCNc2ccccc2F)c(C)c1. The van der Waals surface area contributed by atoms with E-state index in [0.29, 0.717) is 12.2 Å². The lowest BCUT2D eigenvalue weighted by molar-refractivity contribution is 0.630. The highest BCUT2D eigenvalue weighted by Crippen LogP contribution is 2.21. The molecular weight excluding hydrogens is 251 g/mol. The summed E-state index contributed by atoms with van der Waals surface area (Å²) < 4.78 is 13.4. The molecule has 2 aromatic rings. The van der Waals surface area contributed by atoms with Gasteiger partial charge in [-0.2, -0.15) is 0 Å². The number of para-hydroxylation sites is 1. The Balaban J connectivity index is 1.90. The highest BCUT2D eigenvalue weighted by atomic mass is 19.1. The van der Waals surface area contributed by atoms with Crippen LogP contribution in [-0.2, 0) is 0 Å². The van der Waals surface area contributed by atoms with Gasteiger partial charge in [-0.15, -0.1) is 0 Å². The van der Waals surface area contributed by atoms with Gasteiger partial charge in [0.1, 0.15) is 5.82 Å². The molecule has 2 N–H and O–H groups in total. The number of rotatable bonds is 5. The van der Waals surface area contributed by atoms with Crippen molar-refractivity contribution in [3.8, 4) is 0 Å². The van der Waals surface area contributed by atoms with Gasteiger partial charge in [0, 0.05) is 18.8 Å². The molecule has 0 heterocycles. The first-order valence-electron chi connectivity index (χ1n) is 6.88. The molecule has 0 saturated heterocycles. The lowest BCUT2D eigenvalue weighted by atomic mass is 10.1. The van der Waals surface area contributed by atoms with Crippen molar-refractivity contribution in [3.63, 3.8) is 0 Å². The van der Waals surface area contributed by atoms with E-state index < -0.39 is 0 Å². The van der Waals surface area contributed by atoms with E-state index in [1.807, 2.05) is 6.07 Å². The van der Waals surface area contributed by atoms with E-state index in [-0.39, 0.29) is 5.82 Å². The van der Waals surface area contributed by atoms with Gasteiger partial charge in [-0.3, -0.25) is 0 Å². The maximum Gasteiger partial charge on any atom is 0.146 e. The zero-order valence-electron chi connectivity index (χ0n) is 12.3. The second kappa shape index (κ2) is 6.42. The van der Waals surface area contributed by atoms with Crippen molar-refractivity contribution in [2.24, 2.45) is 0 Å². The molecule has 0 fully saturated rings. The van der Waals surface area contributed by atoms with Crippen molar-refractivity contribution in [2.75, 3.05) is 23.7 Å². The third kappa shape index (κ3) is 3.50. The first-order valence-corrected chi connectivity index (χ1v) is 6.88. The molecule has 0 bridgehead atoms. The Morgan fingerprint density at radius 3 is 2.15 bits per heavy atom. The summed E-state index contributed by atoms with van der Waals surface area (Å²) in [6.07, 6.45) is 0. The molecule has 0 amide bonds. The number of aryl methyl sites for hydroxylation is 3. The van der Waals surface area contributed by atoms with E-state index in [1.165, 1.54) is 28.4 Å². The molecular formula is C17H21FN2. The third-order valence-corrected chi connectivity index (χ3v) is 3.29. The Bertz CT molecular complexity index is 570. The third-order valence-electron chi connectivity index (χ3n) is 3.29. The van der Waals surface area contributed by atoms with Gasteiger partial charge in [-0.25, -0.2) is 4.39 Å². The second-order valence-electron chi connectivity index (χ2n) is 5.11. The number of hydrogen-bond donors (Lipinski definition) is 2. The standard InChI is InChI=1S/C17H21FN2/c1-12-10-13(2)17(14(3)11-12)20-9-8-19-16-7-5-4-6-15(16)18/h4-7,10-11,19-20H,8-9H2,1-3H3. The van der Waals surface area contributed by atoms with Crippen molar-refractivity contribution in [1.82, 2.24) is 0 Å². The number of hydrogen-bond acceptors (Lipinski definition) is 2. The van der Waals surface area contributed by atoms with E-state index in [4.69, 9.17) is 0 Å². The van der Waals surface area contributed by atoms with Crippen LogP contribution in [0.2, 0.25) is 0 Å². The molecule has 0 unspecified atom stereocenters. The van der Waals surface area contributed by atoms with E-state index in [2.05, 4.69) is 43.5 Å². The highest BCUT2D eigenvalue weighted by molar-refractivity contribution is 5.58. The van der Waals surface area contributed by atoms with Crippen LogP contribution in [0.15, 0.2) is 36.4 Å².